The van der Waals surface area contributed by atoms with Gasteiger partial charge in [0, 0.05) is 6.42 Å². The fourth-order valence-electron chi connectivity index (χ4n) is 2.47. The van der Waals surface area contributed by atoms with Gasteiger partial charge in [0.15, 0.2) is 0 Å². The summed E-state index contributed by atoms with van der Waals surface area (Å²) in [5.74, 6) is 0.134. The highest BCUT2D eigenvalue weighted by atomic mass is 16.5. The fraction of sp³-hybridized carbons (Fsp3) is 0.417. The van der Waals surface area contributed by atoms with Crippen LogP contribution in [0, 0.1) is 0 Å². The molecule has 0 bridgehead atoms. The van der Waals surface area contributed by atoms with Gasteiger partial charge in [-0.3, -0.25) is 4.79 Å². The molecule has 1 aromatic carbocycles. The second kappa shape index (κ2) is 3.18. The van der Waals surface area contributed by atoms with Crippen LogP contribution in [0.5, 0.6) is 0 Å². The van der Waals surface area contributed by atoms with Crippen LogP contribution in [0.3, 0.4) is 0 Å². The van der Waals surface area contributed by atoms with Gasteiger partial charge in [0.2, 0.25) is 0 Å². The lowest BCUT2D eigenvalue weighted by Crippen LogP contribution is -2.28. The Kier molecular flexibility index (Phi) is 2.00. The highest BCUT2D eigenvalue weighted by molar-refractivity contribution is 6.62. The van der Waals surface area contributed by atoms with Gasteiger partial charge in [-0.1, -0.05) is 18.2 Å². The average molecular weight is 216 g/mol. The minimum absolute atomic E-state index is 0.134. The molecule has 1 aliphatic carbocycles. The molecule has 0 radical (unpaired) electrons. The molecule has 2 aliphatic rings. The summed E-state index contributed by atoms with van der Waals surface area (Å²) in [5.41, 5.74) is 2.69. The summed E-state index contributed by atoms with van der Waals surface area (Å²) in [6.45, 7) is 1.57. The van der Waals surface area contributed by atoms with Gasteiger partial charge >= 0.3 is 7.12 Å². The molecule has 1 aliphatic heterocycles. The zero-order valence-electron chi connectivity index (χ0n) is 9.19. The number of hydrogen-bond donors (Lipinski definition) is 1. The minimum atomic E-state index is -0.815. The van der Waals surface area contributed by atoms with Gasteiger partial charge in [-0.25, -0.2) is 0 Å². The highest BCUT2D eigenvalue weighted by Gasteiger charge is 2.55. The Morgan fingerprint density at radius 1 is 1.56 bits per heavy atom. The maximum absolute atomic E-state index is 11.0. The van der Waals surface area contributed by atoms with Crippen molar-refractivity contribution in [1.82, 2.24) is 0 Å². The van der Waals surface area contributed by atoms with E-state index in [4.69, 9.17) is 4.65 Å². The van der Waals surface area contributed by atoms with Crippen molar-refractivity contribution in [3.05, 3.63) is 29.3 Å². The lowest BCUT2D eigenvalue weighted by Gasteiger charge is -2.08. The number of hydrogen-bond acceptors (Lipinski definition) is 3. The molecule has 0 amide bonds. The maximum Gasteiger partial charge on any atom is 0.492 e. The van der Waals surface area contributed by atoms with Gasteiger partial charge in [-0.05, 0) is 36.4 Å². The Hall–Kier alpha value is -1.13. The van der Waals surface area contributed by atoms with E-state index < -0.39 is 7.12 Å². The van der Waals surface area contributed by atoms with Crippen molar-refractivity contribution in [2.45, 2.75) is 31.8 Å². The van der Waals surface area contributed by atoms with E-state index in [-0.39, 0.29) is 11.4 Å². The van der Waals surface area contributed by atoms with Gasteiger partial charge in [0.25, 0.3) is 0 Å². The van der Waals surface area contributed by atoms with Gasteiger partial charge < -0.3 is 9.68 Å². The Morgan fingerprint density at radius 3 is 2.94 bits per heavy atom. The number of benzene rings is 1. The second-order valence-electron chi connectivity index (χ2n) is 4.76. The Labute approximate surface area is 94.6 Å². The first-order valence-electron chi connectivity index (χ1n) is 5.59. The first-order valence-corrected chi connectivity index (χ1v) is 5.59. The molecule has 0 aromatic heterocycles. The Bertz CT molecular complexity index is 465. The molecule has 0 atom stereocenters. The third-order valence-electron chi connectivity index (χ3n) is 3.37. The molecule has 1 spiro atoms. The van der Waals surface area contributed by atoms with E-state index in [9.17, 15) is 9.82 Å². The van der Waals surface area contributed by atoms with Crippen molar-refractivity contribution < 1.29 is 14.5 Å². The van der Waals surface area contributed by atoms with Crippen molar-refractivity contribution in [2.24, 2.45) is 0 Å². The van der Waals surface area contributed by atoms with E-state index in [1.807, 2.05) is 18.2 Å². The van der Waals surface area contributed by atoms with Gasteiger partial charge in [0.05, 0.1) is 5.60 Å². The molecular formula is C12H13BO3. The standard InChI is InChI=1S/C12H13BO3/c1-8(14)6-9-2-3-10-11(7-9)13(15)16-12(10)4-5-12/h2-3,7,15H,4-6H2,1H3. The molecule has 82 valence electrons. The van der Waals surface area contributed by atoms with Crippen LogP contribution < -0.4 is 5.46 Å². The monoisotopic (exact) mass is 216 g/mol. The molecule has 1 N–H and O–H groups in total. The van der Waals surface area contributed by atoms with Crippen LogP contribution in [0.4, 0.5) is 0 Å². The van der Waals surface area contributed by atoms with Gasteiger partial charge in [-0.15, -0.1) is 0 Å². The van der Waals surface area contributed by atoms with Crippen molar-refractivity contribution >= 4 is 18.4 Å². The number of fused-ring (bicyclic) bond motifs is 2. The van der Waals surface area contributed by atoms with Crippen molar-refractivity contribution in [3.8, 4) is 0 Å². The van der Waals surface area contributed by atoms with E-state index >= 15 is 0 Å². The zero-order chi connectivity index (χ0) is 11.3. The number of carbonyl (C=O) groups excluding carboxylic acids is 1. The molecule has 1 heterocycles. The van der Waals surface area contributed by atoms with E-state index in [1.54, 1.807) is 6.92 Å². The lowest BCUT2D eigenvalue weighted by atomic mass is 9.78. The van der Waals surface area contributed by atoms with E-state index in [1.165, 1.54) is 0 Å². The summed E-state index contributed by atoms with van der Waals surface area (Å²) in [7, 11) is -0.815. The first kappa shape index (κ1) is 10.1. The normalized spacial score (nSPS) is 20.0. The third kappa shape index (κ3) is 1.41. The SMILES string of the molecule is CC(=O)Cc1ccc2c(c1)B(O)OC21CC1. The molecule has 1 saturated carbocycles. The molecule has 1 fully saturated rings. The summed E-state index contributed by atoms with van der Waals surface area (Å²) in [4.78, 5) is 11.0. The van der Waals surface area contributed by atoms with Crippen molar-refractivity contribution in [3.63, 3.8) is 0 Å². The van der Waals surface area contributed by atoms with Crippen LogP contribution in [-0.2, 0) is 21.5 Å². The molecule has 0 unspecified atom stereocenters. The summed E-state index contributed by atoms with van der Waals surface area (Å²) in [6.07, 6.45) is 2.40. The summed E-state index contributed by atoms with van der Waals surface area (Å²) in [6, 6.07) is 5.85. The van der Waals surface area contributed by atoms with Crippen LogP contribution in [0.2, 0.25) is 0 Å². The van der Waals surface area contributed by atoms with Crippen LogP contribution in [0.25, 0.3) is 0 Å². The quantitative estimate of drug-likeness (QED) is 0.733. The smallest absolute Gasteiger partial charge is 0.423 e. The molecule has 3 nitrogen and oxygen atoms in total. The molecule has 16 heavy (non-hydrogen) atoms. The number of rotatable bonds is 2. The summed E-state index contributed by atoms with van der Waals surface area (Å²) in [5, 5.41) is 9.81. The zero-order valence-corrected chi connectivity index (χ0v) is 9.19. The predicted octanol–water partition coefficient (Wildman–Crippen LogP) is 0.525. The van der Waals surface area contributed by atoms with Crippen molar-refractivity contribution in [2.75, 3.05) is 0 Å². The lowest BCUT2D eigenvalue weighted by molar-refractivity contribution is -0.116. The molecule has 3 rings (SSSR count). The van der Waals surface area contributed by atoms with Gasteiger partial charge in [-0.2, -0.15) is 0 Å². The minimum Gasteiger partial charge on any atom is -0.423 e. The van der Waals surface area contributed by atoms with Gasteiger partial charge in [0.1, 0.15) is 5.78 Å². The largest absolute Gasteiger partial charge is 0.492 e. The molecule has 0 saturated heterocycles. The predicted molar refractivity (Wildman–Crippen MR) is 60.4 cm³/mol. The van der Waals surface area contributed by atoms with Crippen LogP contribution in [-0.4, -0.2) is 17.9 Å². The Morgan fingerprint density at radius 2 is 2.31 bits per heavy atom. The van der Waals surface area contributed by atoms with E-state index in [2.05, 4.69) is 0 Å². The number of carbonyl (C=O) groups is 1. The molecule has 1 aromatic rings. The fourth-order valence-corrected chi connectivity index (χ4v) is 2.47. The van der Waals surface area contributed by atoms with E-state index in [0.29, 0.717) is 6.42 Å². The van der Waals surface area contributed by atoms with Crippen LogP contribution >= 0.6 is 0 Å². The topological polar surface area (TPSA) is 46.5 Å². The first-order chi connectivity index (χ1) is 7.61. The highest BCUT2D eigenvalue weighted by Crippen LogP contribution is 2.51. The summed E-state index contributed by atoms with van der Waals surface area (Å²) < 4.78 is 5.56. The number of Topliss-reactive ketones (excluding diaryl/α,β-unsaturated/α-hetero) is 1. The molecule has 4 heteroatoms. The van der Waals surface area contributed by atoms with Crippen molar-refractivity contribution in [1.29, 1.82) is 0 Å². The average Bonchev–Trinajstić information content (AvgIpc) is 2.91. The summed E-state index contributed by atoms with van der Waals surface area (Å²) >= 11 is 0. The second-order valence-corrected chi connectivity index (χ2v) is 4.76. The number of ketones is 1. The Balaban J connectivity index is 1.99. The third-order valence-corrected chi connectivity index (χ3v) is 3.37. The van der Waals surface area contributed by atoms with Crippen LogP contribution in [0.15, 0.2) is 18.2 Å². The molecular weight excluding hydrogens is 203 g/mol. The van der Waals surface area contributed by atoms with Crippen LogP contribution in [0.1, 0.15) is 30.9 Å². The maximum atomic E-state index is 11.0. The van der Waals surface area contributed by atoms with E-state index in [0.717, 1.165) is 29.4 Å².